The molecule has 1 unspecified atom stereocenters. The first-order valence-corrected chi connectivity index (χ1v) is 14.4. The number of nitrogens with one attached hydrogen (secondary N) is 1. The van der Waals surface area contributed by atoms with Crippen LogP contribution in [0.15, 0.2) is 54.6 Å². The molecule has 1 saturated carbocycles. The minimum atomic E-state index is -3.82. The van der Waals surface area contributed by atoms with Crippen LogP contribution < -0.4 is 14.4 Å². The molecule has 1 aliphatic carbocycles. The Kier molecular flexibility index (Phi) is 9.75. The molecule has 1 N–H and O–H groups in total. The van der Waals surface area contributed by atoms with Crippen molar-refractivity contribution in [2.45, 2.75) is 64.6 Å². The molecule has 1 fully saturated rings. The van der Waals surface area contributed by atoms with Gasteiger partial charge in [0.1, 0.15) is 18.3 Å². The number of nitrogens with zero attached hydrogens (tertiary/aromatic N) is 2. The van der Waals surface area contributed by atoms with Crippen molar-refractivity contribution in [3.05, 3.63) is 60.2 Å². The van der Waals surface area contributed by atoms with Gasteiger partial charge < -0.3 is 15.0 Å². The van der Waals surface area contributed by atoms with Crippen LogP contribution in [0.4, 0.5) is 5.69 Å². The predicted molar refractivity (Wildman–Crippen MR) is 141 cm³/mol. The Morgan fingerprint density at radius 2 is 1.67 bits per heavy atom. The number of para-hydroxylation sites is 2. The summed E-state index contributed by atoms with van der Waals surface area (Å²) in [5, 5.41) is 3.10. The maximum atomic E-state index is 13.7. The molecule has 0 aliphatic heterocycles. The van der Waals surface area contributed by atoms with Gasteiger partial charge >= 0.3 is 0 Å². The molecule has 9 heteroatoms. The zero-order valence-electron chi connectivity index (χ0n) is 21.4. The van der Waals surface area contributed by atoms with Crippen LogP contribution in [0.3, 0.4) is 0 Å². The van der Waals surface area contributed by atoms with E-state index in [0.717, 1.165) is 41.8 Å². The summed E-state index contributed by atoms with van der Waals surface area (Å²) in [7, 11) is -3.82. The maximum absolute atomic E-state index is 13.7. The number of amides is 2. The van der Waals surface area contributed by atoms with E-state index in [9.17, 15) is 18.0 Å². The summed E-state index contributed by atoms with van der Waals surface area (Å²) in [4.78, 5) is 28.3. The summed E-state index contributed by atoms with van der Waals surface area (Å²) in [5.41, 5.74) is 1.14. The van der Waals surface area contributed by atoms with E-state index in [1.165, 1.54) is 11.3 Å². The molecule has 196 valence electrons. The zero-order valence-corrected chi connectivity index (χ0v) is 22.2. The summed E-state index contributed by atoms with van der Waals surface area (Å²) in [6.45, 7) is 3.58. The lowest BCUT2D eigenvalue weighted by atomic mass is 9.95. The molecule has 8 nitrogen and oxygen atoms in total. The van der Waals surface area contributed by atoms with Crippen molar-refractivity contribution in [2.75, 3.05) is 23.7 Å². The average molecular weight is 516 g/mol. The Morgan fingerprint density at radius 3 is 2.31 bits per heavy atom. The van der Waals surface area contributed by atoms with Crippen molar-refractivity contribution < 1.29 is 22.7 Å². The predicted octanol–water partition coefficient (Wildman–Crippen LogP) is 3.72. The normalized spacial score (nSPS) is 15.1. The quantitative estimate of drug-likeness (QED) is 0.492. The number of hydrogen-bond donors (Lipinski definition) is 1. The second kappa shape index (κ2) is 12.8. The molecule has 0 aromatic heterocycles. The first kappa shape index (κ1) is 27.5. The van der Waals surface area contributed by atoms with Crippen LogP contribution in [0.2, 0.25) is 0 Å². The Morgan fingerprint density at radius 1 is 1.03 bits per heavy atom. The molecule has 1 aliphatic rings. The fraction of sp³-hybridized carbons (Fsp3) is 0.481. The number of carbonyl (C=O) groups excluding carboxylic acids is 2. The van der Waals surface area contributed by atoms with Crippen LogP contribution >= 0.6 is 0 Å². The number of hydrogen-bond acceptors (Lipinski definition) is 5. The van der Waals surface area contributed by atoms with E-state index >= 15 is 0 Å². The SMILES string of the molecule is CCOc1ccccc1N(CC(=O)N(Cc1ccccc1)C(C)C(=O)NC1CCCCC1)S(C)(=O)=O. The van der Waals surface area contributed by atoms with Crippen LogP contribution in [0.25, 0.3) is 0 Å². The lowest BCUT2D eigenvalue weighted by Crippen LogP contribution is -2.53. The van der Waals surface area contributed by atoms with Gasteiger partial charge in [0, 0.05) is 12.6 Å². The second-order valence-electron chi connectivity index (χ2n) is 9.20. The standard InChI is InChI=1S/C27H37N3O5S/c1-4-35-25-18-12-11-17-24(25)30(36(3,33)34)20-26(31)29(19-22-13-7-5-8-14-22)21(2)27(32)28-23-15-9-6-10-16-23/h5,7-8,11-14,17-18,21,23H,4,6,9-10,15-16,19-20H2,1-3H3,(H,28,32). The van der Waals surface area contributed by atoms with Gasteiger partial charge in [0.15, 0.2) is 0 Å². The summed E-state index contributed by atoms with van der Waals surface area (Å²) >= 11 is 0. The summed E-state index contributed by atoms with van der Waals surface area (Å²) in [6, 6.07) is 15.4. The summed E-state index contributed by atoms with van der Waals surface area (Å²) in [6.07, 6.45) is 6.25. The summed E-state index contributed by atoms with van der Waals surface area (Å²) < 4.78 is 32.3. The molecule has 0 heterocycles. The smallest absolute Gasteiger partial charge is 0.244 e. The van der Waals surface area contributed by atoms with E-state index in [1.807, 2.05) is 30.3 Å². The second-order valence-corrected chi connectivity index (χ2v) is 11.1. The van der Waals surface area contributed by atoms with E-state index in [4.69, 9.17) is 4.74 Å². The third-order valence-electron chi connectivity index (χ3n) is 6.43. The Labute approximate surface area is 214 Å². The number of carbonyl (C=O) groups is 2. The van der Waals surface area contributed by atoms with Gasteiger partial charge in [-0.2, -0.15) is 0 Å². The van der Waals surface area contributed by atoms with Crippen LogP contribution in [0.1, 0.15) is 51.5 Å². The Hall–Kier alpha value is -3.07. The number of sulfonamides is 1. The molecular weight excluding hydrogens is 478 g/mol. The van der Waals surface area contributed by atoms with E-state index in [2.05, 4.69) is 5.32 Å². The monoisotopic (exact) mass is 515 g/mol. The molecule has 0 saturated heterocycles. The Bertz CT molecular complexity index is 1120. The van der Waals surface area contributed by atoms with Crippen molar-refractivity contribution in [3.8, 4) is 5.75 Å². The minimum absolute atomic E-state index is 0.105. The van der Waals surface area contributed by atoms with Gasteiger partial charge in [-0.1, -0.05) is 61.7 Å². The third-order valence-corrected chi connectivity index (χ3v) is 7.55. The van der Waals surface area contributed by atoms with Crippen molar-refractivity contribution in [1.82, 2.24) is 10.2 Å². The van der Waals surface area contributed by atoms with Crippen LogP contribution in [-0.4, -0.2) is 56.6 Å². The lowest BCUT2D eigenvalue weighted by molar-refractivity contribution is -0.139. The van der Waals surface area contributed by atoms with Gasteiger partial charge in [0.05, 0.1) is 18.6 Å². The van der Waals surface area contributed by atoms with E-state index < -0.39 is 28.5 Å². The van der Waals surface area contributed by atoms with E-state index in [-0.39, 0.29) is 24.2 Å². The Balaban J connectivity index is 1.88. The maximum Gasteiger partial charge on any atom is 0.244 e. The van der Waals surface area contributed by atoms with Gasteiger partial charge in [-0.05, 0) is 44.4 Å². The molecule has 0 spiro atoms. The molecule has 0 bridgehead atoms. The zero-order chi connectivity index (χ0) is 26.1. The lowest BCUT2D eigenvalue weighted by Gasteiger charge is -2.33. The molecule has 3 rings (SSSR count). The van der Waals surface area contributed by atoms with Gasteiger partial charge in [-0.3, -0.25) is 13.9 Å². The average Bonchev–Trinajstić information content (AvgIpc) is 2.86. The van der Waals surface area contributed by atoms with Gasteiger partial charge in [-0.15, -0.1) is 0 Å². The highest BCUT2D eigenvalue weighted by Crippen LogP contribution is 2.30. The van der Waals surface area contributed by atoms with Gasteiger partial charge in [0.25, 0.3) is 0 Å². The van der Waals surface area contributed by atoms with E-state index in [1.54, 1.807) is 38.1 Å². The number of ether oxygens (including phenoxy) is 1. The minimum Gasteiger partial charge on any atom is -0.492 e. The molecule has 2 amide bonds. The van der Waals surface area contributed by atoms with Crippen LogP contribution in [-0.2, 0) is 26.2 Å². The van der Waals surface area contributed by atoms with Crippen LogP contribution in [0, 0.1) is 0 Å². The number of benzene rings is 2. The van der Waals surface area contributed by atoms with Gasteiger partial charge in [0.2, 0.25) is 21.8 Å². The van der Waals surface area contributed by atoms with E-state index in [0.29, 0.717) is 12.4 Å². The molecule has 36 heavy (non-hydrogen) atoms. The third kappa shape index (κ3) is 7.46. The van der Waals surface area contributed by atoms with Crippen LogP contribution in [0.5, 0.6) is 5.75 Å². The highest BCUT2D eigenvalue weighted by Gasteiger charge is 2.32. The largest absolute Gasteiger partial charge is 0.492 e. The topological polar surface area (TPSA) is 96.0 Å². The first-order chi connectivity index (χ1) is 17.2. The van der Waals surface area contributed by atoms with Crippen molar-refractivity contribution in [2.24, 2.45) is 0 Å². The molecule has 2 aromatic rings. The fourth-order valence-corrected chi connectivity index (χ4v) is 5.32. The summed E-state index contributed by atoms with van der Waals surface area (Å²) in [5.74, 6) is -0.329. The number of anilines is 1. The molecule has 1 atom stereocenters. The van der Waals surface area contributed by atoms with Crippen molar-refractivity contribution in [3.63, 3.8) is 0 Å². The highest BCUT2D eigenvalue weighted by atomic mass is 32.2. The van der Waals surface area contributed by atoms with Gasteiger partial charge in [-0.25, -0.2) is 8.42 Å². The molecule has 0 radical (unpaired) electrons. The first-order valence-electron chi connectivity index (χ1n) is 12.5. The number of rotatable bonds is 11. The fourth-order valence-electron chi connectivity index (χ4n) is 4.47. The molecular formula is C27H37N3O5S. The van der Waals surface area contributed by atoms with Crippen molar-refractivity contribution in [1.29, 1.82) is 0 Å². The highest BCUT2D eigenvalue weighted by molar-refractivity contribution is 7.92. The van der Waals surface area contributed by atoms with Crippen molar-refractivity contribution >= 4 is 27.5 Å². The molecule has 2 aromatic carbocycles.